The van der Waals surface area contributed by atoms with E-state index >= 15 is 4.39 Å². The highest BCUT2D eigenvalue weighted by Gasteiger charge is 2.31. The predicted octanol–water partition coefficient (Wildman–Crippen LogP) is 7.59. The summed E-state index contributed by atoms with van der Waals surface area (Å²) in [7, 11) is 1.48. The third-order valence-corrected chi connectivity index (χ3v) is 9.34. The molecule has 2 fully saturated rings. The lowest BCUT2D eigenvalue weighted by Crippen LogP contribution is -2.34. The van der Waals surface area contributed by atoms with Crippen molar-refractivity contribution < 1.29 is 32.7 Å². The van der Waals surface area contributed by atoms with Crippen molar-refractivity contribution in [3.8, 4) is 17.6 Å². The number of piperidine rings is 1. The summed E-state index contributed by atoms with van der Waals surface area (Å²) in [6.45, 7) is 11.9. The lowest BCUT2D eigenvalue weighted by atomic mass is 9.90. The maximum Gasteiger partial charge on any atom is 0.412 e. The number of carbonyl (C=O) groups is 2. The molecule has 2 aliphatic rings. The van der Waals surface area contributed by atoms with Gasteiger partial charge in [-0.2, -0.15) is 10.2 Å². The molecule has 3 heterocycles. The molecule has 1 aromatic heterocycles. The smallest absolute Gasteiger partial charge is 0.412 e. The molecule has 2 unspecified atom stereocenters. The molecule has 2 aromatic carbocycles. The zero-order valence-electron chi connectivity index (χ0n) is 30.4. The number of nitriles is 1. The molecule has 0 radical (unpaired) electrons. The van der Waals surface area contributed by atoms with Gasteiger partial charge in [-0.25, -0.2) is 9.18 Å². The molecule has 1 N–H and O–H groups in total. The Morgan fingerprint density at radius 1 is 1.16 bits per heavy atom. The molecule has 0 spiro atoms. The fraction of sp³-hybridized carbons (Fsp3) is 0.553. The van der Waals surface area contributed by atoms with E-state index in [0.29, 0.717) is 66.4 Å². The standard InChI is InChI=1S/C38H49FN6O6/c1-24(2)35-42-36(51-43-35)44-16-13-25(14-17-44)9-8-18-49-34-21-31(39)28(20-33(34)45-15-7-10-26(45)22-40)30(23-46)29-19-27(48-6)11-12-32(29)41-37(47)50-38(3,4)5/h11-12,19-21,23-26,30H,7-10,13-18H2,1-6H3,(H,41,47). The predicted molar refractivity (Wildman–Crippen MR) is 191 cm³/mol. The van der Waals surface area contributed by atoms with Crippen LogP contribution in [0, 0.1) is 23.1 Å². The van der Waals surface area contributed by atoms with Gasteiger partial charge in [0.2, 0.25) is 0 Å². The third-order valence-electron chi connectivity index (χ3n) is 9.34. The highest BCUT2D eigenvalue weighted by atomic mass is 19.1. The van der Waals surface area contributed by atoms with Gasteiger partial charge in [-0.05, 0) is 95.0 Å². The third kappa shape index (κ3) is 9.28. The van der Waals surface area contributed by atoms with Crippen molar-refractivity contribution in [3.05, 3.63) is 53.1 Å². The largest absolute Gasteiger partial charge is 0.497 e. The Kier molecular flexibility index (Phi) is 12.1. The molecule has 12 nitrogen and oxygen atoms in total. The summed E-state index contributed by atoms with van der Waals surface area (Å²) in [4.78, 5) is 34.1. The van der Waals surface area contributed by atoms with E-state index in [1.54, 1.807) is 45.0 Å². The van der Waals surface area contributed by atoms with Crippen molar-refractivity contribution in [3.63, 3.8) is 0 Å². The van der Waals surface area contributed by atoms with Gasteiger partial charge >= 0.3 is 12.1 Å². The molecule has 13 heteroatoms. The Balaban J connectivity index is 1.32. The highest BCUT2D eigenvalue weighted by Crippen LogP contribution is 2.41. The number of methoxy groups -OCH3 is 1. The van der Waals surface area contributed by atoms with E-state index in [0.717, 1.165) is 45.2 Å². The first-order valence-electron chi connectivity index (χ1n) is 17.7. The van der Waals surface area contributed by atoms with E-state index in [4.69, 9.17) is 18.7 Å². The highest BCUT2D eigenvalue weighted by molar-refractivity contribution is 5.88. The van der Waals surface area contributed by atoms with E-state index in [-0.39, 0.29) is 17.2 Å². The summed E-state index contributed by atoms with van der Waals surface area (Å²) in [6.07, 6.45) is 5.09. The molecular weight excluding hydrogens is 655 g/mol. The Morgan fingerprint density at radius 2 is 1.92 bits per heavy atom. The van der Waals surface area contributed by atoms with Crippen LogP contribution in [0.25, 0.3) is 0 Å². The van der Waals surface area contributed by atoms with Crippen molar-refractivity contribution in [2.24, 2.45) is 5.92 Å². The average Bonchev–Trinajstić information content (AvgIpc) is 3.79. The van der Waals surface area contributed by atoms with Gasteiger partial charge in [0.15, 0.2) is 5.82 Å². The number of anilines is 3. The van der Waals surface area contributed by atoms with Crippen LogP contribution in [0.15, 0.2) is 34.9 Å². The van der Waals surface area contributed by atoms with Crippen LogP contribution in [0.4, 0.5) is 26.6 Å². The summed E-state index contributed by atoms with van der Waals surface area (Å²) >= 11 is 0. The first kappa shape index (κ1) is 37.4. The van der Waals surface area contributed by atoms with Gasteiger partial charge in [-0.15, -0.1) is 0 Å². The minimum Gasteiger partial charge on any atom is -0.497 e. The number of nitrogens with one attached hydrogen (secondary N) is 1. The number of rotatable bonds is 13. The lowest BCUT2D eigenvalue weighted by molar-refractivity contribution is -0.108. The van der Waals surface area contributed by atoms with Crippen LogP contribution < -0.4 is 24.6 Å². The van der Waals surface area contributed by atoms with Gasteiger partial charge in [-0.3, -0.25) is 5.32 Å². The van der Waals surface area contributed by atoms with Crippen molar-refractivity contribution in [1.82, 2.24) is 10.1 Å². The second-order valence-electron chi connectivity index (χ2n) is 14.5. The molecular formula is C38H49FN6O6. The molecule has 2 atom stereocenters. The zero-order chi connectivity index (χ0) is 36.7. The normalized spacial score (nSPS) is 17.3. The van der Waals surface area contributed by atoms with Gasteiger partial charge < -0.3 is 33.3 Å². The zero-order valence-corrected chi connectivity index (χ0v) is 30.4. The summed E-state index contributed by atoms with van der Waals surface area (Å²) in [5, 5.41) is 16.7. The first-order valence-corrected chi connectivity index (χ1v) is 17.7. The Hall–Kier alpha value is -4.86. The number of benzene rings is 2. The van der Waals surface area contributed by atoms with Crippen LogP contribution >= 0.6 is 0 Å². The van der Waals surface area contributed by atoms with Gasteiger partial charge in [0.25, 0.3) is 0 Å². The number of hydrogen-bond donors (Lipinski definition) is 1. The van der Waals surface area contributed by atoms with E-state index in [2.05, 4.69) is 26.4 Å². The fourth-order valence-electron chi connectivity index (χ4n) is 6.65. The summed E-state index contributed by atoms with van der Waals surface area (Å²) < 4.78 is 38.7. The van der Waals surface area contributed by atoms with Gasteiger partial charge in [0.05, 0.1) is 31.4 Å². The first-order chi connectivity index (χ1) is 24.4. The molecule has 2 saturated heterocycles. The van der Waals surface area contributed by atoms with Crippen molar-refractivity contribution in [2.45, 2.75) is 96.6 Å². The number of ether oxygens (including phenoxy) is 3. The molecule has 0 saturated carbocycles. The van der Waals surface area contributed by atoms with Gasteiger partial charge in [0, 0.05) is 42.9 Å². The second kappa shape index (κ2) is 16.4. The quantitative estimate of drug-likeness (QED) is 0.139. The number of hydrogen-bond acceptors (Lipinski definition) is 11. The molecule has 0 aliphatic carbocycles. The molecule has 3 aromatic rings. The number of aromatic nitrogens is 2. The topological polar surface area (TPSA) is 143 Å². The number of amides is 1. The maximum atomic E-state index is 16.2. The van der Waals surface area contributed by atoms with E-state index in [1.165, 1.54) is 13.2 Å². The van der Waals surface area contributed by atoms with Crippen LogP contribution in [-0.4, -0.2) is 67.5 Å². The minimum absolute atomic E-state index is 0.0879. The fourth-order valence-corrected chi connectivity index (χ4v) is 6.65. The average molecular weight is 705 g/mol. The maximum absolute atomic E-state index is 16.2. The number of carbonyl (C=O) groups excluding carboxylic acids is 2. The number of aldehydes is 1. The Bertz CT molecular complexity index is 1710. The molecule has 5 rings (SSSR count). The van der Waals surface area contributed by atoms with Crippen LogP contribution in [-0.2, 0) is 9.53 Å². The van der Waals surface area contributed by atoms with Crippen molar-refractivity contribution in [2.75, 3.05) is 48.5 Å². The summed E-state index contributed by atoms with van der Waals surface area (Å²) in [5.41, 5.74) is 0.501. The van der Waals surface area contributed by atoms with E-state index in [1.807, 2.05) is 18.7 Å². The van der Waals surface area contributed by atoms with Gasteiger partial charge in [0.1, 0.15) is 35.2 Å². The summed E-state index contributed by atoms with van der Waals surface area (Å²) in [6, 6.07) is 10.3. The molecule has 2 aliphatic heterocycles. The Labute approximate surface area is 299 Å². The van der Waals surface area contributed by atoms with Crippen LogP contribution in [0.2, 0.25) is 0 Å². The van der Waals surface area contributed by atoms with E-state index in [9.17, 15) is 14.9 Å². The van der Waals surface area contributed by atoms with E-state index < -0.39 is 29.5 Å². The second-order valence-corrected chi connectivity index (χ2v) is 14.5. The monoisotopic (exact) mass is 704 g/mol. The molecule has 51 heavy (non-hydrogen) atoms. The summed E-state index contributed by atoms with van der Waals surface area (Å²) in [5.74, 6) is 0.434. The SMILES string of the molecule is COc1ccc(NC(=O)OC(C)(C)C)c(C(C=O)c2cc(N3CCCC3C#N)c(OCCCC3CCN(c4nc(C(C)C)no4)CC3)cc2F)c1. The lowest BCUT2D eigenvalue weighted by Gasteiger charge is -2.30. The molecule has 0 bridgehead atoms. The van der Waals surface area contributed by atoms with Crippen LogP contribution in [0.5, 0.6) is 11.5 Å². The van der Waals surface area contributed by atoms with Crippen molar-refractivity contribution in [1.29, 1.82) is 5.26 Å². The molecule has 274 valence electrons. The van der Waals surface area contributed by atoms with Crippen LogP contribution in [0.3, 0.4) is 0 Å². The van der Waals surface area contributed by atoms with Crippen LogP contribution in [0.1, 0.15) is 102 Å². The number of halogens is 1. The molecule has 1 amide bonds. The Morgan fingerprint density at radius 3 is 2.57 bits per heavy atom. The number of nitrogens with zero attached hydrogens (tertiary/aromatic N) is 5. The minimum atomic E-state index is -1.11. The van der Waals surface area contributed by atoms with Gasteiger partial charge in [-0.1, -0.05) is 19.0 Å². The van der Waals surface area contributed by atoms with Crippen molar-refractivity contribution >= 4 is 29.8 Å².